The number of carbonyl (C=O) groups excluding carboxylic acids is 3. The minimum Gasteiger partial charge on any atom is -0.493 e. The van der Waals surface area contributed by atoms with E-state index in [-0.39, 0.29) is 11.4 Å². The Balaban J connectivity index is 1.39. The molecule has 1 saturated heterocycles. The fraction of sp³-hybridized carbons (Fsp3) is 0.167. The second-order valence-corrected chi connectivity index (χ2v) is 9.74. The number of nitrogens with zero attached hydrogens (tertiary/aromatic N) is 1. The van der Waals surface area contributed by atoms with Crippen LogP contribution in [-0.4, -0.2) is 35.1 Å². The van der Waals surface area contributed by atoms with Gasteiger partial charge in [-0.3, -0.25) is 19.3 Å². The Morgan fingerprint density at radius 3 is 2.41 bits per heavy atom. The van der Waals surface area contributed by atoms with Crippen molar-refractivity contribution < 1.29 is 19.1 Å². The van der Waals surface area contributed by atoms with E-state index >= 15 is 0 Å². The topological polar surface area (TPSA) is 75.7 Å². The van der Waals surface area contributed by atoms with Gasteiger partial charge in [0.15, 0.2) is 0 Å². The quantitative estimate of drug-likeness (QED) is 0.207. The van der Waals surface area contributed by atoms with E-state index in [2.05, 4.69) is 12.2 Å². The number of amides is 3. The van der Waals surface area contributed by atoms with Crippen molar-refractivity contribution in [2.75, 3.05) is 18.5 Å². The molecule has 0 saturated carbocycles. The molecule has 1 fully saturated rings. The van der Waals surface area contributed by atoms with E-state index in [0.717, 1.165) is 56.6 Å². The van der Waals surface area contributed by atoms with Crippen LogP contribution >= 0.6 is 11.8 Å². The molecule has 0 aromatic heterocycles. The number of unbranched alkanes of at least 4 members (excludes halogenated alkanes) is 1. The van der Waals surface area contributed by atoms with E-state index in [1.54, 1.807) is 12.1 Å². The molecule has 1 aliphatic rings. The highest BCUT2D eigenvalue weighted by Gasteiger charge is 2.36. The van der Waals surface area contributed by atoms with Crippen LogP contribution in [0.15, 0.2) is 83.8 Å². The molecular formula is C30H26N2O4S. The van der Waals surface area contributed by atoms with Crippen LogP contribution in [0.1, 0.15) is 25.3 Å². The normalized spacial score (nSPS) is 14.6. The molecule has 1 heterocycles. The van der Waals surface area contributed by atoms with Crippen LogP contribution in [0.5, 0.6) is 5.75 Å². The fourth-order valence-electron chi connectivity index (χ4n) is 4.31. The second kappa shape index (κ2) is 10.9. The first kappa shape index (κ1) is 24.6. The van der Waals surface area contributed by atoms with Crippen molar-refractivity contribution in [3.63, 3.8) is 0 Å². The summed E-state index contributed by atoms with van der Waals surface area (Å²) in [6.07, 6.45) is 3.62. The predicted molar refractivity (Wildman–Crippen MR) is 150 cm³/mol. The number of anilines is 1. The summed E-state index contributed by atoms with van der Waals surface area (Å²) in [5.41, 5.74) is 1.38. The molecule has 4 aromatic carbocycles. The average molecular weight is 511 g/mol. The molecule has 1 aliphatic heterocycles. The van der Waals surface area contributed by atoms with E-state index in [0.29, 0.717) is 18.0 Å². The van der Waals surface area contributed by atoms with Gasteiger partial charge in [0.2, 0.25) is 5.91 Å². The number of thioether (sulfide) groups is 1. The highest BCUT2D eigenvalue weighted by atomic mass is 32.2. The number of hydrogen-bond donors (Lipinski definition) is 1. The minimum absolute atomic E-state index is 0.264. The van der Waals surface area contributed by atoms with Crippen molar-refractivity contribution >= 4 is 62.1 Å². The van der Waals surface area contributed by atoms with Gasteiger partial charge in [0.1, 0.15) is 12.3 Å². The summed E-state index contributed by atoms with van der Waals surface area (Å²) >= 11 is 0.836. The van der Waals surface area contributed by atoms with Crippen molar-refractivity contribution in [2.45, 2.75) is 19.8 Å². The van der Waals surface area contributed by atoms with Crippen molar-refractivity contribution in [1.29, 1.82) is 0 Å². The highest BCUT2D eigenvalue weighted by Crippen LogP contribution is 2.37. The van der Waals surface area contributed by atoms with E-state index in [4.69, 9.17) is 4.74 Å². The van der Waals surface area contributed by atoms with Crippen molar-refractivity contribution in [3.05, 3.63) is 89.3 Å². The summed E-state index contributed by atoms with van der Waals surface area (Å²) in [6, 6.07) is 25.0. The predicted octanol–water partition coefficient (Wildman–Crippen LogP) is 6.85. The highest BCUT2D eigenvalue weighted by molar-refractivity contribution is 8.18. The number of hydrogen-bond acceptors (Lipinski definition) is 5. The molecule has 0 bridgehead atoms. The lowest BCUT2D eigenvalue weighted by Gasteiger charge is -2.14. The number of fused-ring (bicyclic) bond motifs is 2. The molecule has 1 N–H and O–H groups in total. The molecule has 4 aromatic rings. The number of carbonyl (C=O) groups is 3. The van der Waals surface area contributed by atoms with Gasteiger partial charge in [-0.25, -0.2) is 0 Å². The number of benzene rings is 4. The van der Waals surface area contributed by atoms with E-state index in [1.807, 2.05) is 72.8 Å². The Kier molecular flexibility index (Phi) is 7.23. The van der Waals surface area contributed by atoms with Gasteiger partial charge < -0.3 is 10.1 Å². The number of rotatable bonds is 8. The van der Waals surface area contributed by atoms with Gasteiger partial charge >= 0.3 is 0 Å². The zero-order valence-corrected chi connectivity index (χ0v) is 21.2. The van der Waals surface area contributed by atoms with Crippen LogP contribution < -0.4 is 10.1 Å². The Morgan fingerprint density at radius 2 is 1.62 bits per heavy atom. The van der Waals surface area contributed by atoms with Gasteiger partial charge in [0, 0.05) is 16.6 Å². The summed E-state index contributed by atoms with van der Waals surface area (Å²) in [4.78, 5) is 40.1. The van der Waals surface area contributed by atoms with Crippen LogP contribution in [0.2, 0.25) is 0 Å². The molecule has 37 heavy (non-hydrogen) atoms. The van der Waals surface area contributed by atoms with Gasteiger partial charge in [-0.15, -0.1) is 0 Å². The lowest BCUT2D eigenvalue weighted by Crippen LogP contribution is -2.36. The third kappa shape index (κ3) is 5.22. The lowest BCUT2D eigenvalue weighted by atomic mass is 10.0. The molecule has 3 amide bonds. The van der Waals surface area contributed by atoms with Crippen molar-refractivity contribution in [2.24, 2.45) is 0 Å². The molecule has 0 unspecified atom stereocenters. The molecule has 7 heteroatoms. The third-order valence-electron chi connectivity index (χ3n) is 6.20. The largest absolute Gasteiger partial charge is 0.493 e. The summed E-state index contributed by atoms with van der Waals surface area (Å²) < 4.78 is 6.02. The summed E-state index contributed by atoms with van der Waals surface area (Å²) in [5.74, 6) is -0.267. The third-order valence-corrected chi connectivity index (χ3v) is 7.11. The maximum Gasteiger partial charge on any atom is 0.294 e. The van der Waals surface area contributed by atoms with E-state index < -0.39 is 17.1 Å². The maximum atomic E-state index is 13.2. The Bertz CT molecular complexity index is 1540. The van der Waals surface area contributed by atoms with Crippen molar-refractivity contribution in [1.82, 2.24) is 4.90 Å². The second-order valence-electron chi connectivity index (χ2n) is 8.74. The van der Waals surface area contributed by atoms with E-state index in [1.165, 1.54) is 0 Å². The van der Waals surface area contributed by atoms with Crippen LogP contribution in [0, 0.1) is 0 Å². The van der Waals surface area contributed by atoms with Crippen molar-refractivity contribution in [3.8, 4) is 5.75 Å². The zero-order valence-electron chi connectivity index (χ0n) is 20.4. The summed E-state index contributed by atoms with van der Waals surface area (Å²) in [5, 5.41) is 6.18. The smallest absolute Gasteiger partial charge is 0.294 e. The molecule has 0 spiro atoms. The Labute approximate surface area is 219 Å². The molecule has 5 rings (SSSR count). The maximum absolute atomic E-state index is 13.2. The first-order valence-corrected chi connectivity index (χ1v) is 13.0. The van der Waals surface area contributed by atoms with Gasteiger partial charge in [0.25, 0.3) is 11.1 Å². The Hall–Kier alpha value is -4.10. The molecule has 0 aliphatic carbocycles. The van der Waals surface area contributed by atoms with Crippen LogP contribution in [0.25, 0.3) is 27.6 Å². The first-order valence-electron chi connectivity index (χ1n) is 12.2. The number of nitrogens with one attached hydrogen (secondary N) is 1. The average Bonchev–Trinajstić information content (AvgIpc) is 3.17. The van der Waals surface area contributed by atoms with Crippen LogP contribution in [-0.2, 0) is 9.59 Å². The Morgan fingerprint density at radius 1 is 0.919 bits per heavy atom. The number of ether oxygens (including phenoxy) is 1. The van der Waals surface area contributed by atoms with Gasteiger partial charge in [-0.1, -0.05) is 80.1 Å². The fourth-order valence-corrected chi connectivity index (χ4v) is 5.13. The zero-order chi connectivity index (χ0) is 25.8. The first-order chi connectivity index (χ1) is 18.0. The van der Waals surface area contributed by atoms with E-state index in [9.17, 15) is 14.4 Å². The molecule has 0 radical (unpaired) electrons. The number of imide groups is 1. The minimum atomic E-state index is -0.490. The SMILES string of the molecule is CCCCOc1ccc2ccccc2c1/C=C1\SC(=O)N(CC(=O)Nc2cccc3ccccc23)C1=O. The van der Waals surface area contributed by atoms with Crippen LogP contribution in [0.4, 0.5) is 10.5 Å². The molecule has 0 atom stereocenters. The lowest BCUT2D eigenvalue weighted by molar-refractivity contribution is -0.127. The van der Waals surface area contributed by atoms with Gasteiger partial charge in [-0.2, -0.15) is 0 Å². The molecular weight excluding hydrogens is 484 g/mol. The monoisotopic (exact) mass is 510 g/mol. The van der Waals surface area contributed by atoms with Gasteiger partial charge in [-0.05, 0) is 52.6 Å². The summed E-state index contributed by atoms with van der Waals surface area (Å²) in [6.45, 7) is 2.29. The molecule has 6 nitrogen and oxygen atoms in total. The van der Waals surface area contributed by atoms with Crippen LogP contribution in [0.3, 0.4) is 0 Å². The summed E-state index contributed by atoms with van der Waals surface area (Å²) in [7, 11) is 0. The molecule has 186 valence electrons. The van der Waals surface area contributed by atoms with Gasteiger partial charge in [0.05, 0.1) is 11.5 Å². The standard InChI is InChI=1S/C30H26N2O4S/c1-2-3-17-36-26-16-15-21-10-4-6-12-22(21)24(26)18-27-29(34)32(30(35)37-27)19-28(33)31-25-14-8-11-20-9-5-7-13-23(20)25/h4-16,18H,2-3,17,19H2,1H3,(H,31,33)/b27-18-.